The zero-order valence-electron chi connectivity index (χ0n) is 12.8. The minimum Gasteiger partial charge on any atom is -0.492 e. The van der Waals surface area contributed by atoms with Crippen molar-refractivity contribution in [2.45, 2.75) is 13.8 Å². The van der Waals surface area contributed by atoms with E-state index in [9.17, 15) is 4.79 Å². The highest BCUT2D eigenvalue weighted by Gasteiger charge is 2.01. The third kappa shape index (κ3) is 4.38. The van der Waals surface area contributed by atoms with E-state index in [0.29, 0.717) is 18.0 Å². The molecule has 0 aliphatic heterocycles. The van der Waals surface area contributed by atoms with Gasteiger partial charge in [-0.15, -0.1) is 0 Å². The van der Waals surface area contributed by atoms with Gasteiger partial charge in [-0.2, -0.15) is 0 Å². The predicted molar refractivity (Wildman–Crippen MR) is 90.9 cm³/mol. The first kappa shape index (κ1) is 15.6. The first-order valence-corrected chi connectivity index (χ1v) is 7.16. The monoisotopic (exact) mass is 296 g/mol. The molecule has 1 amide bonds. The van der Waals surface area contributed by atoms with Gasteiger partial charge in [-0.3, -0.25) is 4.79 Å². The Balaban J connectivity index is 2.02. The number of nitrogens with two attached hydrogens (primary N) is 1. The molecule has 2 aromatic rings. The Morgan fingerprint density at radius 3 is 2.77 bits per heavy atom. The lowest BCUT2D eigenvalue weighted by atomic mass is 10.1. The summed E-state index contributed by atoms with van der Waals surface area (Å²) >= 11 is 0. The molecule has 2 rings (SSSR count). The Hall–Kier alpha value is -2.75. The molecule has 0 heterocycles. The number of hydrogen-bond acceptors (Lipinski definition) is 3. The zero-order valence-corrected chi connectivity index (χ0v) is 12.8. The molecule has 4 nitrogen and oxygen atoms in total. The number of amides is 1. The quantitative estimate of drug-likeness (QED) is 0.654. The van der Waals surface area contributed by atoms with Gasteiger partial charge in [0.1, 0.15) is 5.75 Å². The van der Waals surface area contributed by atoms with Crippen molar-refractivity contribution in [1.82, 2.24) is 0 Å². The van der Waals surface area contributed by atoms with E-state index in [2.05, 4.69) is 5.32 Å². The number of hydrogen-bond donors (Lipinski definition) is 2. The highest BCUT2D eigenvalue weighted by atomic mass is 16.5. The van der Waals surface area contributed by atoms with Crippen molar-refractivity contribution in [3.05, 3.63) is 59.7 Å². The maximum Gasteiger partial charge on any atom is 0.248 e. The van der Waals surface area contributed by atoms with Crippen LogP contribution in [-0.4, -0.2) is 12.5 Å². The maximum absolute atomic E-state index is 11.9. The van der Waals surface area contributed by atoms with Gasteiger partial charge in [-0.1, -0.05) is 18.2 Å². The molecule has 0 unspecified atom stereocenters. The highest BCUT2D eigenvalue weighted by Crippen LogP contribution is 2.23. The van der Waals surface area contributed by atoms with Crippen LogP contribution < -0.4 is 15.8 Å². The average molecular weight is 296 g/mol. The van der Waals surface area contributed by atoms with E-state index in [0.717, 1.165) is 16.8 Å². The summed E-state index contributed by atoms with van der Waals surface area (Å²) in [6, 6.07) is 13.1. The fourth-order valence-electron chi connectivity index (χ4n) is 2.04. The molecule has 2 aromatic carbocycles. The summed E-state index contributed by atoms with van der Waals surface area (Å²) in [4.78, 5) is 11.9. The molecule has 22 heavy (non-hydrogen) atoms. The summed E-state index contributed by atoms with van der Waals surface area (Å²) in [6.45, 7) is 4.45. The number of carbonyl (C=O) groups excluding carboxylic acids is 1. The molecule has 3 N–H and O–H groups in total. The van der Waals surface area contributed by atoms with E-state index in [-0.39, 0.29) is 5.91 Å². The summed E-state index contributed by atoms with van der Waals surface area (Å²) in [5.74, 6) is 0.474. The molecule has 0 spiro atoms. The topological polar surface area (TPSA) is 64.3 Å². The predicted octanol–water partition coefficient (Wildman–Crippen LogP) is 3.63. The number of nitrogen functional groups attached to an aromatic ring is 1. The smallest absolute Gasteiger partial charge is 0.248 e. The van der Waals surface area contributed by atoms with Gasteiger partial charge in [0.05, 0.1) is 12.3 Å². The average Bonchev–Trinajstić information content (AvgIpc) is 2.48. The third-order valence-electron chi connectivity index (χ3n) is 3.05. The molecule has 0 saturated heterocycles. The van der Waals surface area contributed by atoms with Crippen LogP contribution in [0.3, 0.4) is 0 Å². The number of carbonyl (C=O) groups is 1. The number of ether oxygens (including phenoxy) is 1. The highest BCUT2D eigenvalue weighted by molar-refractivity contribution is 6.02. The number of anilines is 2. The molecule has 0 aliphatic rings. The van der Waals surface area contributed by atoms with E-state index in [1.165, 1.54) is 6.08 Å². The van der Waals surface area contributed by atoms with E-state index in [1.54, 1.807) is 18.2 Å². The molecule has 114 valence electrons. The van der Waals surface area contributed by atoms with E-state index in [1.807, 2.05) is 44.2 Å². The van der Waals surface area contributed by atoms with Gasteiger partial charge in [0.25, 0.3) is 0 Å². The van der Waals surface area contributed by atoms with Gasteiger partial charge in [0.2, 0.25) is 5.91 Å². The van der Waals surface area contributed by atoms with Gasteiger partial charge in [0.15, 0.2) is 0 Å². The van der Waals surface area contributed by atoms with Crippen LogP contribution in [0.15, 0.2) is 48.5 Å². The molecular formula is C18H20N2O2. The van der Waals surface area contributed by atoms with Crippen LogP contribution in [0.25, 0.3) is 6.08 Å². The van der Waals surface area contributed by atoms with Crippen LogP contribution >= 0.6 is 0 Å². The third-order valence-corrected chi connectivity index (χ3v) is 3.05. The minimum absolute atomic E-state index is 0.182. The van der Waals surface area contributed by atoms with Gasteiger partial charge >= 0.3 is 0 Å². The molecule has 4 heteroatoms. The number of nitrogens with one attached hydrogen (secondary N) is 1. The van der Waals surface area contributed by atoms with Crippen molar-refractivity contribution in [1.29, 1.82) is 0 Å². The Morgan fingerprint density at radius 2 is 2.09 bits per heavy atom. The van der Waals surface area contributed by atoms with Crippen molar-refractivity contribution in [3.63, 3.8) is 0 Å². The summed E-state index contributed by atoms with van der Waals surface area (Å²) in [6.07, 6.45) is 3.20. The summed E-state index contributed by atoms with van der Waals surface area (Å²) in [5.41, 5.74) is 9.18. The van der Waals surface area contributed by atoms with Crippen molar-refractivity contribution < 1.29 is 9.53 Å². The normalized spacial score (nSPS) is 10.6. The van der Waals surface area contributed by atoms with Crippen LogP contribution in [0, 0.1) is 6.92 Å². The largest absolute Gasteiger partial charge is 0.492 e. The van der Waals surface area contributed by atoms with E-state index < -0.39 is 0 Å². The lowest BCUT2D eigenvalue weighted by Gasteiger charge is -2.07. The maximum atomic E-state index is 11.9. The van der Waals surface area contributed by atoms with Crippen LogP contribution in [0.2, 0.25) is 0 Å². The van der Waals surface area contributed by atoms with Gasteiger partial charge in [0, 0.05) is 11.8 Å². The minimum atomic E-state index is -0.182. The second kappa shape index (κ2) is 7.31. The van der Waals surface area contributed by atoms with Crippen molar-refractivity contribution >= 4 is 23.4 Å². The number of benzene rings is 2. The fraction of sp³-hybridized carbons (Fsp3) is 0.167. The SMILES string of the molecule is CCOc1ccc(/C=C\C(=O)Nc2cccc(C)c2)cc1N. The zero-order chi connectivity index (χ0) is 15.9. The number of rotatable bonds is 5. The molecular weight excluding hydrogens is 276 g/mol. The lowest BCUT2D eigenvalue weighted by molar-refractivity contribution is -0.111. The van der Waals surface area contributed by atoms with Gasteiger partial charge in [-0.25, -0.2) is 0 Å². The fourth-order valence-corrected chi connectivity index (χ4v) is 2.04. The van der Waals surface area contributed by atoms with Crippen LogP contribution in [0.5, 0.6) is 5.75 Å². The molecule has 0 saturated carbocycles. The van der Waals surface area contributed by atoms with Crippen molar-refractivity contribution in [2.75, 3.05) is 17.7 Å². The second-order valence-electron chi connectivity index (χ2n) is 4.92. The standard InChI is InChI=1S/C18H20N2O2/c1-3-22-17-9-7-14(12-16(17)19)8-10-18(21)20-15-6-4-5-13(2)11-15/h4-12H,3,19H2,1-2H3,(H,20,21)/b10-8-. The lowest BCUT2D eigenvalue weighted by Crippen LogP contribution is -2.07. The summed E-state index contributed by atoms with van der Waals surface area (Å²) in [5, 5.41) is 2.82. The molecule has 0 radical (unpaired) electrons. The summed E-state index contributed by atoms with van der Waals surface area (Å²) in [7, 11) is 0. The Morgan fingerprint density at radius 1 is 1.27 bits per heavy atom. The molecule has 0 atom stereocenters. The van der Waals surface area contributed by atoms with Gasteiger partial charge in [-0.05, 0) is 55.3 Å². The van der Waals surface area contributed by atoms with Crippen LogP contribution in [0.1, 0.15) is 18.1 Å². The molecule has 0 bridgehead atoms. The van der Waals surface area contributed by atoms with E-state index in [4.69, 9.17) is 10.5 Å². The Kier molecular flexibility index (Phi) is 5.20. The van der Waals surface area contributed by atoms with E-state index >= 15 is 0 Å². The first-order valence-electron chi connectivity index (χ1n) is 7.16. The van der Waals surface area contributed by atoms with Gasteiger partial charge < -0.3 is 15.8 Å². The first-order chi connectivity index (χ1) is 10.6. The van der Waals surface area contributed by atoms with Crippen LogP contribution in [0.4, 0.5) is 11.4 Å². The molecule has 0 aliphatic carbocycles. The van der Waals surface area contributed by atoms with Crippen molar-refractivity contribution in [2.24, 2.45) is 0 Å². The Labute approximate surface area is 130 Å². The molecule has 0 fully saturated rings. The summed E-state index contributed by atoms with van der Waals surface area (Å²) < 4.78 is 5.38. The Bertz CT molecular complexity index is 693. The van der Waals surface area contributed by atoms with Crippen molar-refractivity contribution in [3.8, 4) is 5.75 Å². The van der Waals surface area contributed by atoms with Crippen LogP contribution in [-0.2, 0) is 4.79 Å². The molecule has 0 aromatic heterocycles. The number of aryl methyl sites for hydroxylation is 1. The second-order valence-corrected chi connectivity index (χ2v) is 4.92.